The van der Waals surface area contributed by atoms with Gasteiger partial charge in [-0.2, -0.15) is 25.5 Å². The van der Waals surface area contributed by atoms with E-state index in [1.807, 2.05) is 30.6 Å². The second-order valence-corrected chi connectivity index (χ2v) is 13.3. The highest BCUT2D eigenvalue weighted by atomic mass is 32.2. The van der Waals surface area contributed by atoms with Crippen LogP contribution in [-0.4, -0.2) is 77.4 Å². The summed E-state index contributed by atoms with van der Waals surface area (Å²) < 4.78 is 20.3. The molecule has 3 fully saturated rings. The van der Waals surface area contributed by atoms with E-state index in [4.69, 9.17) is 15.5 Å². The lowest BCUT2D eigenvalue weighted by atomic mass is 9.88. The number of rotatable bonds is 7. The minimum absolute atomic E-state index is 0.100. The second kappa shape index (κ2) is 9.40. The number of fused-ring (bicyclic) bond motifs is 3. The zero-order valence-electron chi connectivity index (χ0n) is 21.5. The number of thiophene rings is 1. The van der Waals surface area contributed by atoms with Crippen LogP contribution in [0.4, 0.5) is 21.3 Å². The molecule has 0 radical (unpaired) electrons. The molecule has 0 bridgehead atoms. The van der Waals surface area contributed by atoms with Crippen molar-refractivity contribution in [1.29, 1.82) is 10.5 Å². The number of aromatic nitrogens is 3. The third kappa shape index (κ3) is 4.03. The van der Waals surface area contributed by atoms with E-state index in [0.717, 1.165) is 30.7 Å². The maximum absolute atomic E-state index is 14.3. The summed E-state index contributed by atoms with van der Waals surface area (Å²) in [4.78, 5) is 21.3. The van der Waals surface area contributed by atoms with E-state index >= 15 is 0 Å². The molecule has 4 aliphatic rings. The minimum Gasteiger partial charge on any atom is -0.461 e. The van der Waals surface area contributed by atoms with Crippen molar-refractivity contribution in [2.24, 2.45) is 0 Å². The summed E-state index contributed by atoms with van der Waals surface area (Å²) in [5.74, 6) is 1.78. The van der Waals surface area contributed by atoms with E-state index in [0.29, 0.717) is 61.5 Å². The predicted octanol–water partition coefficient (Wildman–Crippen LogP) is 3.04. The van der Waals surface area contributed by atoms with Crippen molar-refractivity contribution >= 4 is 40.0 Å². The van der Waals surface area contributed by atoms with Crippen molar-refractivity contribution in [3.8, 4) is 18.1 Å². The lowest BCUT2D eigenvalue weighted by Gasteiger charge is -2.47. The predicted molar refractivity (Wildman–Crippen MR) is 145 cm³/mol. The maximum atomic E-state index is 14.3. The van der Waals surface area contributed by atoms with Gasteiger partial charge >= 0.3 is 6.01 Å². The number of anilines is 3. The third-order valence-corrected chi connectivity index (χ3v) is 11.1. The van der Waals surface area contributed by atoms with Crippen LogP contribution >= 0.6 is 23.1 Å². The first-order valence-electron chi connectivity index (χ1n) is 12.9. The van der Waals surface area contributed by atoms with Gasteiger partial charge in [0.2, 0.25) is 11.9 Å². The van der Waals surface area contributed by atoms with E-state index in [1.165, 1.54) is 16.2 Å². The zero-order valence-corrected chi connectivity index (χ0v) is 23.1. The van der Waals surface area contributed by atoms with Gasteiger partial charge in [0.25, 0.3) is 0 Å². The summed E-state index contributed by atoms with van der Waals surface area (Å²) in [6, 6.07) is 4.62. The smallest absolute Gasteiger partial charge is 0.323 e. The Balaban J connectivity index is 1.27. The maximum Gasteiger partial charge on any atom is 0.323 e. The molecular formula is C25H30FN9OS2. The standard InChI is InChI=1S/C25H30FN9OS2/c1-15(4-6-27)33(2)21-30-22(32-23(31-21)36-14-24-5-3-7-35(24)10-16(26)8-24)34-12-25(13-34)19-17(9-28)20(29)38-18(19)11-37-25/h15-16H,3-5,7-8,10-14,29H2,1-2H3/t15?,16?,24-/m0/s1. The molecule has 6 heterocycles. The largest absolute Gasteiger partial charge is 0.461 e. The average Bonchev–Trinajstić information content (AvgIpc) is 3.59. The van der Waals surface area contributed by atoms with Gasteiger partial charge in [-0.3, -0.25) is 4.90 Å². The van der Waals surface area contributed by atoms with Crippen LogP contribution in [0.15, 0.2) is 0 Å². The molecule has 3 atom stereocenters. The molecule has 1 spiro atoms. The Kier molecular flexibility index (Phi) is 6.29. The van der Waals surface area contributed by atoms with Crippen LogP contribution in [0.1, 0.15) is 48.6 Å². The molecule has 0 saturated carbocycles. The molecule has 0 aliphatic carbocycles. The number of halogens is 1. The monoisotopic (exact) mass is 555 g/mol. The SMILES string of the molecule is CC(CC#N)N(C)c1nc(OC[C@@]23CCCN2CC(F)C3)nc(N2CC3(C2)SCc2sc(N)c(C#N)c23)n1. The van der Waals surface area contributed by atoms with Crippen LogP contribution < -0.4 is 20.3 Å². The van der Waals surface area contributed by atoms with Crippen molar-refractivity contribution in [2.45, 2.75) is 60.9 Å². The number of nitriles is 2. The molecule has 200 valence electrons. The molecule has 0 amide bonds. The van der Waals surface area contributed by atoms with Crippen molar-refractivity contribution in [1.82, 2.24) is 19.9 Å². The summed E-state index contributed by atoms with van der Waals surface area (Å²) in [7, 11) is 1.86. The molecule has 6 rings (SSSR count). The number of alkyl halides is 1. The number of nitrogen functional groups attached to an aromatic ring is 1. The van der Waals surface area contributed by atoms with E-state index in [2.05, 4.69) is 31.9 Å². The van der Waals surface area contributed by atoms with Gasteiger partial charge in [-0.1, -0.05) is 0 Å². The number of ether oxygens (including phenoxy) is 1. The topological polar surface area (TPSA) is 131 Å². The van der Waals surface area contributed by atoms with Gasteiger partial charge in [0.15, 0.2) is 0 Å². The van der Waals surface area contributed by atoms with Crippen LogP contribution in [0.2, 0.25) is 0 Å². The number of nitrogens with two attached hydrogens (primary N) is 1. The van der Waals surface area contributed by atoms with Gasteiger partial charge in [-0.15, -0.1) is 23.1 Å². The summed E-state index contributed by atoms with van der Waals surface area (Å²) in [5, 5.41) is 19.5. The van der Waals surface area contributed by atoms with Gasteiger partial charge in [0.05, 0.1) is 28.3 Å². The summed E-state index contributed by atoms with van der Waals surface area (Å²) >= 11 is 3.35. The highest BCUT2D eigenvalue weighted by Gasteiger charge is 2.53. The lowest BCUT2D eigenvalue weighted by molar-refractivity contribution is 0.107. The Morgan fingerprint density at radius 1 is 1.32 bits per heavy atom. The van der Waals surface area contributed by atoms with E-state index in [9.17, 15) is 14.9 Å². The number of hydrogen-bond acceptors (Lipinski definition) is 12. The Morgan fingerprint density at radius 2 is 2.13 bits per heavy atom. The lowest BCUT2D eigenvalue weighted by Crippen LogP contribution is -2.57. The molecule has 10 nitrogen and oxygen atoms in total. The Morgan fingerprint density at radius 3 is 2.89 bits per heavy atom. The molecule has 38 heavy (non-hydrogen) atoms. The molecule has 2 unspecified atom stereocenters. The van der Waals surface area contributed by atoms with E-state index < -0.39 is 6.17 Å². The highest BCUT2D eigenvalue weighted by molar-refractivity contribution is 8.00. The van der Waals surface area contributed by atoms with Gasteiger partial charge in [-0.05, 0) is 26.3 Å². The van der Waals surface area contributed by atoms with Gasteiger partial charge in [-0.25, -0.2) is 4.39 Å². The first-order valence-corrected chi connectivity index (χ1v) is 14.7. The molecule has 2 aromatic rings. The van der Waals surface area contributed by atoms with Crippen molar-refractivity contribution in [2.75, 3.05) is 55.4 Å². The Hall–Kier alpha value is -2.87. The number of hydrogen-bond donors (Lipinski definition) is 1. The minimum atomic E-state index is -0.836. The molecule has 4 aliphatic heterocycles. The normalized spacial score (nSPS) is 25.9. The summed E-state index contributed by atoms with van der Waals surface area (Å²) in [6.45, 7) is 4.92. The van der Waals surface area contributed by atoms with Crippen LogP contribution in [0.25, 0.3) is 0 Å². The average molecular weight is 556 g/mol. The van der Waals surface area contributed by atoms with Crippen LogP contribution in [-0.2, 0) is 10.5 Å². The fourth-order valence-corrected chi connectivity index (χ4v) is 9.05. The fourth-order valence-electron chi connectivity index (χ4n) is 6.24. The zero-order chi connectivity index (χ0) is 26.7. The third-order valence-electron chi connectivity index (χ3n) is 8.42. The van der Waals surface area contributed by atoms with Gasteiger partial charge in [0.1, 0.15) is 23.8 Å². The van der Waals surface area contributed by atoms with Crippen molar-refractivity contribution in [3.05, 3.63) is 16.0 Å². The van der Waals surface area contributed by atoms with Crippen molar-refractivity contribution < 1.29 is 9.13 Å². The second-order valence-electron chi connectivity index (χ2n) is 10.8. The molecular weight excluding hydrogens is 525 g/mol. The molecule has 13 heteroatoms. The van der Waals surface area contributed by atoms with E-state index in [1.54, 1.807) is 0 Å². The molecule has 2 aromatic heterocycles. The quantitative estimate of drug-likeness (QED) is 0.541. The van der Waals surface area contributed by atoms with Gasteiger partial charge < -0.3 is 20.3 Å². The van der Waals surface area contributed by atoms with Crippen molar-refractivity contribution in [3.63, 3.8) is 0 Å². The van der Waals surface area contributed by atoms with Crippen LogP contribution in [0, 0.1) is 22.7 Å². The number of thioether (sulfide) groups is 1. The van der Waals surface area contributed by atoms with Crippen LogP contribution in [0.3, 0.4) is 0 Å². The Labute approximate surface area is 229 Å². The number of nitrogens with zero attached hydrogens (tertiary/aromatic N) is 8. The highest BCUT2D eigenvalue weighted by Crippen LogP contribution is 2.57. The molecule has 3 saturated heterocycles. The first-order chi connectivity index (χ1) is 18.3. The Bertz CT molecular complexity index is 1330. The first kappa shape index (κ1) is 25.4. The van der Waals surface area contributed by atoms with Crippen LogP contribution in [0.5, 0.6) is 6.01 Å². The van der Waals surface area contributed by atoms with E-state index in [-0.39, 0.29) is 22.3 Å². The fraction of sp³-hybridized carbons (Fsp3) is 0.640. The summed E-state index contributed by atoms with van der Waals surface area (Å²) in [5.41, 5.74) is 7.49. The van der Waals surface area contributed by atoms with Gasteiger partial charge in [0, 0.05) is 55.3 Å². The molecule has 0 aromatic carbocycles. The summed E-state index contributed by atoms with van der Waals surface area (Å²) in [6.07, 6.45) is 1.89. The molecule has 2 N–H and O–H groups in total.